The zero-order valence-electron chi connectivity index (χ0n) is 11.4. The van der Waals surface area contributed by atoms with Gasteiger partial charge in [-0.05, 0) is 12.0 Å². The summed E-state index contributed by atoms with van der Waals surface area (Å²) in [7, 11) is 1.79. The molecule has 0 radical (unpaired) electrons. The molecule has 18 heavy (non-hydrogen) atoms. The number of hydrogen-bond donors (Lipinski definition) is 1. The predicted octanol–water partition coefficient (Wildman–Crippen LogP) is 2.06. The SMILES string of the molecule is CCC(COC)N1CCNC(c2ccccc2)C1. The standard InChI is InChI=1S/C15H24N2O/c1-3-14(12-18-2)17-10-9-16-15(11-17)13-7-5-4-6-8-13/h4-8,14-16H,3,9-12H2,1-2H3. The van der Waals surface area contributed by atoms with Crippen LogP contribution in [0.3, 0.4) is 0 Å². The van der Waals surface area contributed by atoms with Gasteiger partial charge in [-0.1, -0.05) is 37.3 Å². The molecule has 0 aliphatic carbocycles. The van der Waals surface area contributed by atoms with E-state index in [1.54, 1.807) is 7.11 Å². The fourth-order valence-corrected chi connectivity index (χ4v) is 2.69. The number of methoxy groups -OCH3 is 1. The predicted molar refractivity (Wildman–Crippen MR) is 74.7 cm³/mol. The minimum Gasteiger partial charge on any atom is -0.383 e. The molecule has 1 aromatic carbocycles. The summed E-state index contributed by atoms with van der Waals surface area (Å²) in [5.41, 5.74) is 1.38. The van der Waals surface area contributed by atoms with Crippen molar-refractivity contribution in [2.24, 2.45) is 0 Å². The lowest BCUT2D eigenvalue weighted by molar-refractivity contribution is 0.0672. The van der Waals surface area contributed by atoms with E-state index in [2.05, 4.69) is 47.5 Å². The van der Waals surface area contributed by atoms with Crippen LogP contribution in [0.15, 0.2) is 30.3 Å². The first kappa shape index (κ1) is 13.5. The van der Waals surface area contributed by atoms with E-state index in [9.17, 15) is 0 Å². The van der Waals surface area contributed by atoms with Crippen LogP contribution in [0.2, 0.25) is 0 Å². The Bertz CT molecular complexity index is 342. The molecule has 0 aromatic heterocycles. The summed E-state index contributed by atoms with van der Waals surface area (Å²) in [4.78, 5) is 2.55. The largest absolute Gasteiger partial charge is 0.383 e. The molecule has 3 nitrogen and oxygen atoms in total. The Labute approximate surface area is 110 Å². The number of benzene rings is 1. The summed E-state index contributed by atoms with van der Waals surface area (Å²) in [6.07, 6.45) is 1.15. The van der Waals surface area contributed by atoms with Gasteiger partial charge in [0.1, 0.15) is 0 Å². The van der Waals surface area contributed by atoms with Gasteiger partial charge in [-0.25, -0.2) is 0 Å². The average molecular weight is 248 g/mol. The number of nitrogens with one attached hydrogen (secondary N) is 1. The lowest BCUT2D eigenvalue weighted by atomic mass is 10.0. The van der Waals surface area contributed by atoms with Gasteiger partial charge in [0.05, 0.1) is 6.61 Å². The number of piperazine rings is 1. The van der Waals surface area contributed by atoms with E-state index in [0.29, 0.717) is 12.1 Å². The fraction of sp³-hybridized carbons (Fsp3) is 0.600. The summed E-state index contributed by atoms with van der Waals surface area (Å²) < 4.78 is 5.33. The summed E-state index contributed by atoms with van der Waals surface area (Å²) in [5, 5.41) is 3.60. The van der Waals surface area contributed by atoms with Crippen LogP contribution in [-0.2, 0) is 4.74 Å². The van der Waals surface area contributed by atoms with E-state index in [4.69, 9.17) is 4.74 Å². The van der Waals surface area contributed by atoms with Gasteiger partial charge in [0.25, 0.3) is 0 Å². The molecule has 0 spiro atoms. The van der Waals surface area contributed by atoms with Crippen LogP contribution >= 0.6 is 0 Å². The van der Waals surface area contributed by atoms with Gasteiger partial charge in [-0.15, -0.1) is 0 Å². The Morgan fingerprint density at radius 2 is 2.17 bits per heavy atom. The van der Waals surface area contributed by atoms with Crippen LogP contribution in [-0.4, -0.2) is 44.3 Å². The van der Waals surface area contributed by atoms with Crippen LogP contribution in [0.4, 0.5) is 0 Å². The van der Waals surface area contributed by atoms with Crippen molar-refractivity contribution >= 4 is 0 Å². The third-order valence-electron chi connectivity index (χ3n) is 3.76. The Hall–Kier alpha value is -0.900. The molecular weight excluding hydrogens is 224 g/mol. The van der Waals surface area contributed by atoms with Crippen molar-refractivity contribution in [2.75, 3.05) is 33.4 Å². The second kappa shape index (κ2) is 6.88. The molecule has 1 N–H and O–H groups in total. The Kier molecular flexibility index (Phi) is 5.17. The first-order chi connectivity index (χ1) is 8.85. The van der Waals surface area contributed by atoms with E-state index < -0.39 is 0 Å². The first-order valence-corrected chi connectivity index (χ1v) is 6.86. The first-order valence-electron chi connectivity index (χ1n) is 6.86. The van der Waals surface area contributed by atoms with Crippen molar-refractivity contribution in [1.29, 1.82) is 0 Å². The summed E-state index contributed by atoms with van der Waals surface area (Å²) in [6.45, 7) is 6.32. The van der Waals surface area contributed by atoms with Crippen molar-refractivity contribution in [3.63, 3.8) is 0 Å². The lowest BCUT2D eigenvalue weighted by Crippen LogP contribution is -2.51. The quantitative estimate of drug-likeness (QED) is 0.863. The third-order valence-corrected chi connectivity index (χ3v) is 3.76. The molecule has 2 rings (SSSR count). The van der Waals surface area contributed by atoms with Crippen LogP contribution < -0.4 is 5.32 Å². The maximum absolute atomic E-state index is 5.33. The molecule has 1 heterocycles. The van der Waals surface area contributed by atoms with Crippen molar-refractivity contribution < 1.29 is 4.74 Å². The molecule has 0 saturated carbocycles. The van der Waals surface area contributed by atoms with Crippen LogP contribution in [0.25, 0.3) is 0 Å². The maximum Gasteiger partial charge on any atom is 0.0617 e. The zero-order valence-corrected chi connectivity index (χ0v) is 11.4. The van der Waals surface area contributed by atoms with Crippen molar-refractivity contribution in [3.8, 4) is 0 Å². The summed E-state index contributed by atoms with van der Waals surface area (Å²) >= 11 is 0. The third kappa shape index (κ3) is 3.31. The second-order valence-corrected chi connectivity index (χ2v) is 4.93. The van der Waals surface area contributed by atoms with Crippen LogP contribution in [0.5, 0.6) is 0 Å². The molecule has 100 valence electrons. The number of nitrogens with zero attached hydrogens (tertiary/aromatic N) is 1. The Balaban J connectivity index is 2.00. The average Bonchev–Trinajstić information content (AvgIpc) is 2.46. The molecule has 0 amide bonds. The highest BCUT2D eigenvalue weighted by Crippen LogP contribution is 2.19. The second-order valence-electron chi connectivity index (χ2n) is 4.93. The van der Waals surface area contributed by atoms with E-state index in [1.807, 2.05) is 0 Å². The van der Waals surface area contributed by atoms with E-state index >= 15 is 0 Å². The summed E-state index contributed by atoms with van der Waals surface area (Å²) in [6, 6.07) is 11.7. The van der Waals surface area contributed by atoms with Gasteiger partial charge in [0, 0.05) is 38.8 Å². The number of rotatable bonds is 5. The topological polar surface area (TPSA) is 24.5 Å². The fourth-order valence-electron chi connectivity index (χ4n) is 2.69. The molecular formula is C15H24N2O. The molecule has 1 saturated heterocycles. The highest BCUT2D eigenvalue weighted by Gasteiger charge is 2.25. The van der Waals surface area contributed by atoms with Crippen molar-refractivity contribution in [1.82, 2.24) is 10.2 Å². The van der Waals surface area contributed by atoms with Gasteiger partial charge in [-0.3, -0.25) is 4.90 Å². The molecule has 2 unspecified atom stereocenters. The lowest BCUT2D eigenvalue weighted by Gasteiger charge is -2.38. The minimum atomic E-state index is 0.450. The molecule has 1 fully saturated rings. The Morgan fingerprint density at radius 1 is 1.39 bits per heavy atom. The van der Waals surface area contributed by atoms with Gasteiger partial charge < -0.3 is 10.1 Å². The smallest absolute Gasteiger partial charge is 0.0617 e. The molecule has 1 aliphatic rings. The van der Waals surface area contributed by atoms with Crippen LogP contribution in [0.1, 0.15) is 24.9 Å². The summed E-state index contributed by atoms with van der Waals surface area (Å²) in [5.74, 6) is 0. The molecule has 0 bridgehead atoms. The van der Waals surface area contributed by atoms with Crippen molar-refractivity contribution in [3.05, 3.63) is 35.9 Å². The van der Waals surface area contributed by atoms with E-state index in [0.717, 1.165) is 32.7 Å². The van der Waals surface area contributed by atoms with Gasteiger partial charge in [0.2, 0.25) is 0 Å². The maximum atomic E-state index is 5.33. The van der Waals surface area contributed by atoms with Gasteiger partial charge in [0.15, 0.2) is 0 Å². The highest BCUT2D eigenvalue weighted by molar-refractivity contribution is 5.19. The molecule has 1 aliphatic heterocycles. The van der Waals surface area contributed by atoms with Crippen molar-refractivity contribution in [2.45, 2.75) is 25.4 Å². The van der Waals surface area contributed by atoms with Gasteiger partial charge >= 0.3 is 0 Å². The monoisotopic (exact) mass is 248 g/mol. The highest BCUT2D eigenvalue weighted by atomic mass is 16.5. The minimum absolute atomic E-state index is 0.450. The molecule has 1 aromatic rings. The van der Waals surface area contributed by atoms with Gasteiger partial charge in [-0.2, -0.15) is 0 Å². The molecule has 2 atom stereocenters. The number of ether oxygens (including phenoxy) is 1. The zero-order chi connectivity index (χ0) is 12.8. The van der Waals surface area contributed by atoms with Crippen LogP contribution in [0, 0.1) is 0 Å². The van der Waals surface area contributed by atoms with E-state index in [-0.39, 0.29) is 0 Å². The normalized spacial score (nSPS) is 22.9. The molecule has 3 heteroatoms. The Morgan fingerprint density at radius 3 is 2.83 bits per heavy atom. The van der Waals surface area contributed by atoms with E-state index in [1.165, 1.54) is 5.56 Å². The number of hydrogen-bond acceptors (Lipinski definition) is 3.